The number of aliphatic hydroxyl groups is 1. The second kappa shape index (κ2) is 7.42. The van der Waals surface area contributed by atoms with Crippen LogP contribution in [0.25, 0.3) is 0 Å². The standard InChI is InChI=1S/C12H19NO3S/c1-9(2)7-16-8-10(14)6-13-12(15)11-4-3-5-17-11/h3-5,9-10,14H,6-8H2,1-2H3,(H,13,15). The molecule has 0 fully saturated rings. The van der Waals surface area contributed by atoms with Crippen LogP contribution in [-0.4, -0.2) is 36.9 Å². The third-order valence-corrected chi connectivity index (χ3v) is 2.87. The number of hydrogen-bond donors (Lipinski definition) is 2. The lowest BCUT2D eigenvalue weighted by Gasteiger charge is -2.13. The zero-order chi connectivity index (χ0) is 12.7. The number of rotatable bonds is 7. The number of amides is 1. The summed E-state index contributed by atoms with van der Waals surface area (Å²) < 4.78 is 5.28. The van der Waals surface area contributed by atoms with Gasteiger partial charge in [0, 0.05) is 13.2 Å². The van der Waals surface area contributed by atoms with E-state index in [9.17, 15) is 9.90 Å². The molecule has 0 radical (unpaired) electrons. The number of thiophene rings is 1. The van der Waals surface area contributed by atoms with E-state index >= 15 is 0 Å². The highest BCUT2D eigenvalue weighted by Gasteiger charge is 2.09. The van der Waals surface area contributed by atoms with Crippen molar-refractivity contribution in [3.63, 3.8) is 0 Å². The molecule has 1 heterocycles. The first-order valence-corrected chi connectivity index (χ1v) is 6.55. The van der Waals surface area contributed by atoms with Crippen LogP contribution in [0.4, 0.5) is 0 Å². The maximum Gasteiger partial charge on any atom is 0.261 e. The van der Waals surface area contributed by atoms with Gasteiger partial charge in [-0.05, 0) is 17.4 Å². The van der Waals surface area contributed by atoms with Gasteiger partial charge >= 0.3 is 0 Å². The summed E-state index contributed by atoms with van der Waals surface area (Å²) in [5.74, 6) is 0.297. The van der Waals surface area contributed by atoms with Crippen LogP contribution in [0.2, 0.25) is 0 Å². The first-order chi connectivity index (χ1) is 8.09. The van der Waals surface area contributed by atoms with E-state index in [1.54, 1.807) is 6.07 Å². The lowest BCUT2D eigenvalue weighted by atomic mass is 10.2. The number of carbonyl (C=O) groups is 1. The molecule has 1 aromatic rings. The smallest absolute Gasteiger partial charge is 0.261 e. The summed E-state index contributed by atoms with van der Waals surface area (Å²) in [6.45, 7) is 5.18. The number of aliphatic hydroxyl groups excluding tert-OH is 1. The van der Waals surface area contributed by atoms with E-state index in [4.69, 9.17) is 4.74 Å². The molecule has 1 unspecified atom stereocenters. The fourth-order valence-electron chi connectivity index (χ4n) is 1.20. The van der Waals surface area contributed by atoms with Crippen LogP contribution in [0.1, 0.15) is 23.5 Å². The topological polar surface area (TPSA) is 58.6 Å². The molecule has 0 aromatic carbocycles. The van der Waals surface area contributed by atoms with Crippen molar-refractivity contribution in [1.82, 2.24) is 5.32 Å². The van der Waals surface area contributed by atoms with Crippen molar-refractivity contribution in [2.45, 2.75) is 20.0 Å². The molecule has 0 saturated carbocycles. The highest BCUT2D eigenvalue weighted by Crippen LogP contribution is 2.07. The molecule has 0 aliphatic rings. The minimum Gasteiger partial charge on any atom is -0.389 e. The summed E-state index contributed by atoms with van der Waals surface area (Å²) in [7, 11) is 0. The molecule has 5 heteroatoms. The average Bonchev–Trinajstić information content (AvgIpc) is 2.78. The monoisotopic (exact) mass is 257 g/mol. The molecule has 0 saturated heterocycles. The lowest BCUT2D eigenvalue weighted by molar-refractivity contribution is 0.0259. The van der Waals surface area contributed by atoms with E-state index in [-0.39, 0.29) is 19.1 Å². The Balaban J connectivity index is 2.15. The van der Waals surface area contributed by atoms with E-state index in [0.29, 0.717) is 17.4 Å². The van der Waals surface area contributed by atoms with E-state index in [2.05, 4.69) is 5.32 Å². The highest BCUT2D eigenvalue weighted by molar-refractivity contribution is 7.12. The minimum absolute atomic E-state index is 0.150. The third-order valence-electron chi connectivity index (χ3n) is 2.00. The normalized spacial score (nSPS) is 12.7. The molecule has 0 aliphatic carbocycles. The van der Waals surface area contributed by atoms with E-state index in [0.717, 1.165) is 0 Å². The first-order valence-electron chi connectivity index (χ1n) is 5.67. The van der Waals surface area contributed by atoms with E-state index in [1.807, 2.05) is 25.3 Å². The Morgan fingerprint density at radius 2 is 2.29 bits per heavy atom. The van der Waals surface area contributed by atoms with E-state index in [1.165, 1.54) is 11.3 Å². The quantitative estimate of drug-likeness (QED) is 0.778. The van der Waals surface area contributed by atoms with Gasteiger partial charge in [0.2, 0.25) is 0 Å². The van der Waals surface area contributed by atoms with Gasteiger partial charge in [-0.2, -0.15) is 0 Å². The van der Waals surface area contributed by atoms with Crippen LogP contribution < -0.4 is 5.32 Å². The molecule has 96 valence electrons. The van der Waals surface area contributed by atoms with Gasteiger partial charge in [-0.15, -0.1) is 11.3 Å². The summed E-state index contributed by atoms with van der Waals surface area (Å²) >= 11 is 1.38. The molecule has 4 nitrogen and oxygen atoms in total. The molecular formula is C12H19NO3S. The Hall–Kier alpha value is -0.910. The van der Waals surface area contributed by atoms with Crippen molar-refractivity contribution in [3.05, 3.63) is 22.4 Å². The molecule has 1 rings (SSSR count). The third kappa shape index (κ3) is 5.81. The number of ether oxygens (including phenoxy) is 1. The minimum atomic E-state index is -0.655. The van der Waals surface area contributed by atoms with Crippen LogP contribution >= 0.6 is 11.3 Å². The van der Waals surface area contributed by atoms with Crippen molar-refractivity contribution in [2.75, 3.05) is 19.8 Å². The molecule has 0 spiro atoms. The first kappa shape index (κ1) is 14.2. The number of hydrogen-bond acceptors (Lipinski definition) is 4. The number of carbonyl (C=O) groups excluding carboxylic acids is 1. The Morgan fingerprint density at radius 3 is 2.88 bits per heavy atom. The van der Waals surface area contributed by atoms with Gasteiger partial charge in [0.25, 0.3) is 5.91 Å². The van der Waals surface area contributed by atoms with E-state index < -0.39 is 6.10 Å². The van der Waals surface area contributed by atoms with Crippen LogP contribution in [0.3, 0.4) is 0 Å². The molecule has 17 heavy (non-hydrogen) atoms. The van der Waals surface area contributed by atoms with Crippen molar-refractivity contribution >= 4 is 17.2 Å². The SMILES string of the molecule is CC(C)COCC(O)CNC(=O)c1cccs1. The zero-order valence-electron chi connectivity index (χ0n) is 10.2. The van der Waals surface area contributed by atoms with Crippen LogP contribution in [-0.2, 0) is 4.74 Å². The maximum atomic E-state index is 11.5. The van der Waals surface area contributed by atoms with Crippen molar-refractivity contribution in [3.8, 4) is 0 Å². The average molecular weight is 257 g/mol. The van der Waals surface area contributed by atoms with Crippen molar-refractivity contribution < 1.29 is 14.6 Å². The lowest BCUT2D eigenvalue weighted by Crippen LogP contribution is -2.34. The molecule has 1 aromatic heterocycles. The summed E-state index contributed by atoms with van der Waals surface area (Å²) in [6.07, 6.45) is -0.655. The highest BCUT2D eigenvalue weighted by atomic mass is 32.1. The summed E-state index contributed by atoms with van der Waals surface area (Å²) in [5.41, 5.74) is 0. The predicted octanol–water partition coefficient (Wildman–Crippen LogP) is 1.51. The Bertz CT molecular complexity index is 325. The number of nitrogens with one attached hydrogen (secondary N) is 1. The predicted molar refractivity (Wildman–Crippen MR) is 68.3 cm³/mol. The molecule has 1 atom stereocenters. The van der Waals surface area contributed by atoms with Gasteiger partial charge in [0.1, 0.15) is 0 Å². The van der Waals surface area contributed by atoms with Crippen LogP contribution in [0.15, 0.2) is 17.5 Å². The molecule has 0 aliphatic heterocycles. The largest absolute Gasteiger partial charge is 0.389 e. The van der Waals surface area contributed by atoms with Gasteiger partial charge in [0.15, 0.2) is 0 Å². The van der Waals surface area contributed by atoms with Crippen LogP contribution in [0.5, 0.6) is 0 Å². The second-order valence-electron chi connectivity index (χ2n) is 4.27. The summed E-state index contributed by atoms with van der Waals surface area (Å²) in [5, 5.41) is 14.1. The summed E-state index contributed by atoms with van der Waals surface area (Å²) in [4.78, 5) is 12.2. The Morgan fingerprint density at radius 1 is 1.53 bits per heavy atom. The maximum absolute atomic E-state index is 11.5. The Kier molecular flexibility index (Phi) is 6.18. The summed E-state index contributed by atoms with van der Waals surface area (Å²) in [6, 6.07) is 3.57. The van der Waals surface area contributed by atoms with Gasteiger partial charge < -0.3 is 15.2 Å². The molecule has 1 amide bonds. The molecular weight excluding hydrogens is 238 g/mol. The van der Waals surface area contributed by atoms with Gasteiger partial charge in [0.05, 0.1) is 17.6 Å². The molecule has 2 N–H and O–H groups in total. The second-order valence-corrected chi connectivity index (χ2v) is 5.22. The van der Waals surface area contributed by atoms with Crippen LogP contribution in [0, 0.1) is 5.92 Å². The zero-order valence-corrected chi connectivity index (χ0v) is 11.0. The fourth-order valence-corrected chi connectivity index (χ4v) is 1.84. The Labute approximate surface area is 106 Å². The van der Waals surface area contributed by atoms with Crippen molar-refractivity contribution in [2.24, 2.45) is 5.92 Å². The van der Waals surface area contributed by atoms with Gasteiger partial charge in [-0.25, -0.2) is 0 Å². The van der Waals surface area contributed by atoms with Crippen molar-refractivity contribution in [1.29, 1.82) is 0 Å². The molecule has 0 bridgehead atoms. The van der Waals surface area contributed by atoms with Gasteiger partial charge in [-0.3, -0.25) is 4.79 Å². The fraction of sp³-hybridized carbons (Fsp3) is 0.583. The van der Waals surface area contributed by atoms with Gasteiger partial charge in [-0.1, -0.05) is 19.9 Å².